The van der Waals surface area contributed by atoms with Gasteiger partial charge in [0.15, 0.2) is 0 Å². The summed E-state index contributed by atoms with van der Waals surface area (Å²) in [5, 5.41) is 0. The van der Waals surface area contributed by atoms with Crippen molar-refractivity contribution in [2.24, 2.45) is 23.5 Å². The van der Waals surface area contributed by atoms with E-state index >= 15 is 0 Å². The Labute approximate surface area is 112 Å². The lowest BCUT2D eigenvalue weighted by molar-refractivity contribution is -0.139. The first kappa shape index (κ1) is 15.5. The molecular formula is C15H30N2O. The molecule has 1 saturated carbocycles. The lowest BCUT2D eigenvalue weighted by Crippen LogP contribution is -2.46. The fourth-order valence-electron chi connectivity index (χ4n) is 2.76. The molecule has 0 aromatic heterocycles. The topological polar surface area (TPSA) is 46.3 Å². The van der Waals surface area contributed by atoms with Crippen LogP contribution in [0.15, 0.2) is 0 Å². The van der Waals surface area contributed by atoms with E-state index in [4.69, 9.17) is 5.73 Å². The summed E-state index contributed by atoms with van der Waals surface area (Å²) in [5.41, 5.74) is 6.11. The molecule has 18 heavy (non-hydrogen) atoms. The van der Waals surface area contributed by atoms with Crippen molar-refractivity contribution in [1.29, 1.82) is 0 Å². The van der Waals surface area contributed by atoms with Gasteiger partial charge in [-0.05, 0) is 44.9 Å². The Kier molecular flexibility index (Phi) is 5.64. The standard InChI is InChI=1S/C15H30N2O/c1-10(2)9-17(11(3)4)15(18)13-7-6-12(5)14(16)8-13/h10-14H,6-9,16H2,1-5H3. The minimum atomic E-state index is 0.150. The summed E-state index contributed by atoms with van der Waals surface area (Å²) in [7, 11) is 0. The smallest absolute Gasteiger partial charge is 0.225 e. The van der Waals surface area contributed by atoms with E-state index < -0.39 is 0 Å². The predicted octanol–water partition coefficient (Wildman–Crippen LogP) is 2.64. The highest BCUT2D eigenvalue weighted by Gasteiger charge is 2.33. The number of hydrogen-bond donors (Lipinski definition) is 1. The number of nitrogens with two attached hydrogens (primary N) is 1. The highest BCUT2D eigenvalue weighted by molar-refractivity contribution is 5.79. The van der Waals surface area contributed by atoms with Crippen LogP contribution < -0.4 is 5.73 Å². The van der Waals surface area contributed by atoms with Crippen molar-refractivity contribution in [3.8, 4) is 0 Å². The summed E-state index contributed by atoms with van der Waals surface area (Å²) >= 11 is 0. The Hall–Kier alpha value is -0.570. The van der Waals surface area contributed by atoms with Crippen molar-refractivity contribution in [3.05, 3.63) is 0 Å². The van der Waals surface area contributed by atoms with Gasteiger partial charge in [0.05, 0.1) is 0 Å². The molecule has 3 unspecified atom stereocenters. The van der Waals surface area contributed by atoms with Crippen LogP contribution in [0.3, 0.4) is 0 Å². The van der Waals surface area contributed by atoms with Gasteiger partial charge in [-0.1, -0.05) is 20.8 Å². The maximum absolute atomic E-state index is 12.6. The Balaban J connectivity index is 2.65. The van der Waals surface area contributed by atoms with Crippen LogP contribution in [0.25, 0.3) is 0 Å². The summed E-state index contributed by atoms with van der Waals surface area (Å²) in [6.07, 6.45) is 2.96. The Morgan fingerprint density at radius 1 is 1.28 bits per heavy atom. The summed E-state index contributed by atoms with van der Waals surface area (Å²) < 4.78 is 0. The number of carbonyl (C=O) groups is 1. The molecule has 0 spiro atoms. The van der Waals surface area contributed by atoms with Gasteiger partial charge < -0.3 is 10.6 Å². The van der Waals surface area contributed by atoms with Crippen LogP contribution in [0.5, 0.6) is 0 Å². The Morgan fingerprint density at radius 3 is 2.33 bits per heavy atom. The first-order valence-electron chi connectivity index (χ1n) is 7.39. The first-order chi connectivity index (χ1) is 8.32. The average molecular weight is 254 g/mol. The van der Waals surface area contributed by atoms with Gasteiger partial charge in [0, 0.05) is 24.5 Å². The SMILES string of the molecule is CC(C)CN(C(=O)C1CCC(C)C(N)C1)C(C)C. The van der Waals surface area contributed by atoms with Crippen LogP contribution in [0, 0.1) is 17.8 Å². The van der Waals surface area contributed by atoms with Gasteiger partial charge in [-0.3, -0.25) is 4.79 Å². The molecule has 1 rings (SSSR count). The van der Waals surface area contributed by atoms with E-state index in [0.717, 1.165) is 25.8 Å². The van der Waals surface area contributed by atoms with E-state index in [1.807, 2.05) is 4.90 Å². The zero-order valence-electron chi connectivity index (χ0n) is 12.6. The van der Waals surface area contributed by atoms with Crippen LogP contribution in [-0.2, 0) is 4.79 Å². The van der Waals surface area contributed by atoms with Gasteiger partial charge in [-0.2, -0.15) is 0 Å². The molecule has 0 radical (unpaired) electrons. The second-order valence-electron chi connectivity index (χ2n) is 6.63. The fraction of sp³-hybridized carbons (Fsp3) is 0.933. The van der Waals surface area contributed by atoms with Crippen molar-refractivity contribution < 1.29 is 4.79 Å². The molecule has 106 valence electrons. The average Bonchev–Trinajstić information content (AvgIpc) is 2.28. The first-order valence-corrected chi connectivity index (χ1v) is 7.39. The zero-order valence-corrected chi connectivity index (χ0v) is 12.6. The van der Waals surface area contributed by atoms with Gasteiger partial charge in [0.25, 0.3) is 0 Å². The number of amides is 1. The van der Waals surface area contributed by atoms with Crippen LogP contribution in [0.4, 0.5) is 0 Å². The zero-order chi connectivity index (χ0) is 13.9. The fourth-order valence-corrected chi connectivity index (χ4v) is 2.76. The highest BCUT2D eigenvalue weighted by Crippen LogP contribution is 2.29. The van der Waals surface area contributed by atoms with Crippen LogP contribution in [0.2, 0.25) is 0 Å². The summed E-state index contributed by atoms with van der Waals surface area (Å²) in [6.45, 7) is 11.6. The maximum atomic E-state index is 12.6. The lowest BCUT2D eigenvalue weighted by Gasteiger charge is -2.36. The van der Waals surface area contributed by atoms with E-state index in [2.05, 4.69) is 34.6 Å². The summed E-state index contributed by atoms with van der Waals surface area (Å²) in [6, 6.07) is 0.483. The Morgan fingerprint density at radius 2 is 1.89 bits per heavy atom. The van der Waals surface area contributed by atoms with Gasteiger partial charge >= 0.3 is 0 Å². The molecule has 3 atom stereocenters. The minimum absolute atomic E-state index is 0.150. The van der Waals surface area contributed by atoms with Crippen molar-refractivity contribution in [1.82, 2.24) is 4.90 Å². The maximum Gasteiger partial charge on any atom is 0.225 e. The highest BCUT2D eigenvalue weighted by atomic mass is 16.2. The van der Waals surface area contributed by atoms with Crippen molar-refractivity contribution in [2.45, 2.75) is 66.0 Å². The van der Waals surface area contributed by atoms with Gasteiger partial charge in [0.2, 0.25) is 5.91 Å². The van der Waals surface area contributed by atoms with Gasteiger partial charge in [-0.25, -0.2) is 0 Å². The molecule has 2 N–H and O–H groups in total. The van der Waals surface area contributed by atoms with Crippen LogP contribution >= 0.6 is 0 Å². The second kappa shape index (κ2) is 6.55. The molecule has 0 aromatic carbocycles. The number of rotatable bonds is 4. The predicted molar refractivity (Wildman–Crippen MR) is 76.2 cm³/mol. The quantitative estimate of drug-likeness (QED) is 0.838. The van der Waals surface area contributed by atoms with E-state index in [9.17, 15) is 4.79 Å². The Bertz CT molecular complexity index is 276. The molecular weight excluding hydrogens is 224 g/mol. The van der Waals surface area contributed by atoms with E-state index in [1.165, 1.54) is 0 Å². The van der Waals surface area contributed by atoms with Crippen molar-refractivity contribution in [3.63, 3.8) is 0 Å². The molecule has 0 heterocycles. The van der Waals surface area contributed by atoms with E-state index in [1.54, 1.807) is 0 Å². The number of nitrogens with zero attached hydrogens (tertiary/aromatic N) is 1. The lowest BCUT2D eigenvalue weighted by atomic mass is 9.79. The molecule has 0 aromatic rings. The van der Waals surface area contributed by atoms with E-state index in [-0.39, 0.29) is 18.0 Å². The third kappa shape index (κ3) is 3.98. The molecule has 0 saturated heterocycles. The third-order valence-corrected chi connectivity index (χ3v) is 4.08. The van der Waals surface area contributed by atoms with Gasteiger partial charge in [-0.15, -0.1) is 0 Å². The molecule has 1 aliphatic carbocycles. The summed E-state index contributed by atoms with van der Waals surface area (Å²) in [4.78, 5) is 14.6. The molecule has 3 nitrogen and oxygen atoms in total. The monoisotopic (exact) mass is 254 g/mol. The largest absolute Gasteiger partial charge is 0.340 e. The molecule has 1 fully saturated rings. The normalized spacial score (nSPS) is 28.8. The van der Waals surface area contributed by atoms with Crippen LogP contribution in [-0.4, -0.2) is 29.4 Å². The molecule has 3 heteroatoms. The second-order valence-corrected chi connectivity index (χ2v) is 6.63. The number of carbonyl (C=O) groups excluding carboxylic acids is 1. The molecule has 1 aliphatic rings. The van der Waals surface area contributed by atoms with Crippen molar-refractivity contribution in [2.75, 3.05) is 6.54 Å². The van der Waals surface area contributed by atoms with Crippen LogP contribution in [0.1, 0.15) is 53.9 Å². The van der Waals surface area contributed by atoms with Gasteiger partial charge in [0.1, 0.15) is 0 Å². The molecule has 0 bridgehead atoms. The van der Waals surface area contributed by atoms with E-state index in [0.29, 0.717) is 17.7 Å². The third-order valence-electron chi connectivity index (χ3n) is 4.08. The minimum Gasteiger partial charge on any atom is -0.340 e. The molecule has 0 aliphatic heterocycles. The van der Waals surface area contributed by atoms with Crippen molar-refractivity contribution >= 4 is 5.91 Å². The summed E-state index contributed by atoms with van der Waals surface area (Å²) in [5.74, 6) is 1.55. The molecule has 1 amide bonds. The number of hydrogen-bond acceptors (Lipinski definition) is 2.